The van der Waals surface area contributed by atoms with Crippen molar-refractivity contribution in [3.05, 3.63) is 12.2 Å². The van der Waals surface area contributed by atoms with Crippen LogP contribution in [0, 0.1) is 5.92 Å². The second-order valence-electron chi connectivity index (χ2n) is 5.48. The normalized spacial score (nSPS) is 21.4. The first-order valence-corrected chi connectivity index (χ1v) is 7.42. The molecule has 0 amide bonds. The molecule has 0 aromatic rings. The first-order chi connectivity index (χ1) is 9.36. The molecule has 0 aliphatic heterocycles. The van der Waals surface area contributed by atoms with Gasteiger partial charge in [-0.15, -0.1) is 0 Å². The lowest BCUT2D eigenvalue weighted by Crippen LogP contribution is -2.23. The zero-order chi connectivity index (χ0) is 15.5. The predicted octanol–water partition coefficient (Wildman–Crippen LogP) is 3.95. The maximum absolute atomic E-state index is 10.7. The molecule has 1 aliphatic rings. The summed E-state index contributed by atoms with van der Waals surface area (Å²) in [7, 11) is 0. The molecular formula is C16H28O4. The number of carboxylic acids is 1. The van der Waals surface area contributed by atoms with E-state index in [2.05, 4.69) is 13.5 Å². The van der Waals surface area contributed by atoms with Crippen molar-refractivity contribution in [2.75, 3.05) is 0 Å². The Kier molecular flexibility index (Phi) is 9.77. The van der Waals surface area contributed by atoms with Gasteiger partial charge in [-0.1, -0.05) is 32.8 Å². The van der Waals surface area contributed by atoms with Crippen LogP contribution in [0.4, 0.5) is 0 Å². The lowest BCUT2D eigenvalue weighted by atomic mass is 9.84. The molecule has 1 rings (SSSR count). The van der Waals surface area contributed by atoms with E-state index in [1.54, 1.807) is 0 Å². The quantitative estimate of drug-likeness (QED) is 0.613. The van der Waals surface area contributed by atoms with Crippen LogP contribution in [0.5, 0.6) is 0 Å². The summed E-state index contributed by atoms with van der Waals surface area (Å²) < 4.78 is 5.21. The van der Waals surface area contributed by atoms with Crippen molar-refractivity contribution >= 4 is 11.9 Å². The van der Waals surface area contributed by atoms with Gasteiger partial charge in [-0.05, 0) is 38.5 Å². The third kappa shape index (κ3) is 9.59. The number of carboxylic acid groups (broad SMARTS) is 1. The van der Waals surface area contributed by atoms with Crippen molar-refractivity contribution in [1.82, 2.24) is 0 Å². The number of carbonyl (C=O) groups excluding carboxylic acids is 1. The number of unbranched alkanes of at least 4 members (excludes halogenated alkanes) is 1. The highest BCUT2D eigenvalue weighted by molar-refractivity contribution is 5.84. The van der Waals surface area contributed by atoms with Gasteiger partial charge in [0.15, 0.2) is 0 Å². The van der Waals surface area contributed by atoms with E-state index in [0.29, 0.717) is 0 Å². The van der Waals surface area contributed by atoms with E-state index in [1.165, 1.54) is 46.0 Å². The van der Waals surface area contributed by atoms with E-state index in [9.17, 15) is 9.59 Å². The van der Waals surface area contributed by atoms with E-state index in [4.69, 9.17) is 9.84 Å². The number of hydrogen-bond donors (Lipinski definition) is 1. The van der Waals surface area contributed by atoms with E-state index < -0.39 is 5.97 Å². The van der Waals surface area contributed by atoms with Crippen LogP contribution < -0.4 is 0 Å². The number of hydrogen-bond acceptors (Lipinski definition) is 3. The molecule has 0 bridgehead atoms. The number of rotatable bonds is 5. The van der Waals surface area contributed by atoms with Crippen LogP contribution in [0.3, 0.4) is 0 Å². The second kappa shape index (κ2) is 10.5. The van der Waals surface area contributed by atoms with Gasteiger partial charge in [0.25, 0.3) is 0 Å². The summed E-state index contributed by atoms with van der Waals surface area (Å²) in [5, 5.41) is 7.89. The molecule has 1 fully saturated rings. The Labute approximate surface area is 122 Å². The minimum atomic E-state index is -0.935. The highest BCUT2D eigenvalue weighted by atomic mass is 16.5. The molecule has 1 aliphatic carbocycles. The number of aliphatic carboxylic acids is 1. The van der Waals surface area contributed by atoms with E-state index in [1.807, 2.05) is 0 Å². The highest BCUT2D eigenvalue weighted by Crippen LogP contribution is 2.29. The van der Waals surface area contributed by atoms with Gasteiger partial charge < -0.3 is 9.84 Å². The van der Waals surface area contributed by atoms with Crippen molar-refractivity contribution in [3.8, 4) is 0 Å². The molecule has 1 saturated carbocycles. The third-order valence-corrected chi connectivity index (χ3v) is 3.46. The molecule has 1 N–H and O–H groups in total. The summed E-state index contributed by atoms with van der Waals surface area (Å²) in [5.74, 6) is -0.168. The molecule has 0 aromatic carbocycles. The largest absolute Gasteiger partial charge is 0.478 e. The first-order valence-electron chi connectivity index (χ1n) is 7.42. The fourth-order valence-corrected chi connectivity index (χ4v) is 2.27. The van der Waals surface area contributed by atoms with Crippen LogP contribution in [-0.4, -0.2) is 23.1 Å². The predicted molar refractivity (Wildman–Crippen MR) is 79.5 cm³/mol. The molecule has 0 aromatic heterocycles. The Morgan fingerprint density at radius 3 is 2.05 bits per heavy atom. The van der Waals surface area contributed by atoms with E-state index in [-0.39, 0.29) is 17.6 Å². The van der Waals surface area contributed by atoms with Crippen molar-refractivity contribution in [3.63, 3.8) is 0 Å². The van der Waals surface area contributed by atoms with Crippen molar-refractivity contribution in [1.29, 1.82) is 0 Å². The van der Waals surface area contributed by atoms with Gasteiger partial charge in [0, 0.05) is 12.5 Å². The van der Waals surface area contributed by atoms with Crippen LogP contribution in [-0.2, 0) is 14.3 Å². The van der Waals surface area contributed by atoms with Crippen molar-refractivity contribution in [2.24, 2.45) is 5.92 Å². The van der Waals surface area contributed by atoms with Gasteiger partial charge in [-0.25, -0.2) is 4.79 Å². The molecule has 20 heavy (non-hydrogen) atoms. The molecule has 0 heterocycles. The third-order valence-electron chi connectivity index (χ3n) is 3.46. The number of ether oxygens (including phenoxy) is 1. The molecular weight excluding hydrogens is 256 g/mol. The van der Waals surface area contributed by atoms with Crippen molar-refractivity contribution in [2.45, 2.75) is 71.8 Å². The summed E-state index contributed by atoms with van der Waals surface area (Å²) in [5.41, 5.74) is 0.176. The molecule has 4 nitrogen and oxygen atoms in total. The van der Waals surface area contributed by atoms with Gasteiger partial charge in [-0.2, -0.15) is 0 Å². The Balaban J connectivity index is 0.000000511. The molecule has 0 atom stereocenters. The molecule has 116 valence electrons. The topological polar surface area (TPSA) is 63.6 Å². The average Bonchev–Trinajstić information content (AvgIpc) is 2.38. The Morgan fingerprint density at radius 1 is 1.20 bits per heavy atom. The first kappa shape index (κ1) is 18.7. The SMILES string of the molecule is C=C(C)C(=O)O.CCCCC1CCC(OC(C)=O)CC1. The summed E-state index contributed by atoms with van der Waals surface area (Å²) in [6, 6.07) is 0. The Hall–Kier alpha value is -1.32. The number of carbonyl (C=O) groups is 2. The lowest BCUT2D eigenvalue weighted by molar-refractivity contribution is -0.148. The minimum Gasteiger partial charge on any atom is -0.478 e. The van der Waals surface area contributed by atoms with Crippen LogP contribution >= 0.6 is 0 Å². The second-order valence-corrected chi connectivity index (χ2v) is 5.48. The fourth-order valence-electron chi connectivity index (χ4n) is 2.27. The standard InChI is InChI=1S/C12H22O2.C4H6O2/c1-3-4-5-11-6-8-12(9-7-11)14-10(2)13;1-3(2)4(5)6/h11-12H,3-9H2,1-2H3;1H2,2H3,(H,5,6). The zero-order valence-corrected chi connectivity index (χ0v) is 13.0. The average molecular weight is 284 g/mol. The smallest absolute Gasteiger partial charge is 0.330 e. The Morgan fingerprint density at radius 2 is 1.70 bits per heavy atom. The van der Waals surface area contributed by atoms with Gasteiger partial charge >= 0.3 is 11.9 Å². The van der Waals surface area contributed by atoms with Crippen molar-refractivity contribution < 1.29 is 19.4 Å². The summed E-state index contributed by atoms with van der Waals surface area (Å²) in [6.07, 6.45) is 8.87. The Bertz CT molecular complexity index is 302. The summed E-state index contributed by atoms with van der Waals surface area (Å²) in [6.45, 7) is 8.35. The van der Waals surface area contributed by atoms with E-state index in [0.717, 1.165) is 18.8 Å². The highest BCUT2D eigenvalue weighted by Gasteiger charge is 2.22. The summed E-state index contributed by atoms with van der Waals surface area (Å²) >= 11 is 0. The molecule has 0 unspecified atom stereocenters. The monoisotopic (exact) mass is 284 g/mol. The minimum absolute atomic E-state index is 0.123. The zero-order valence-electron chi connectivity index (χ0n) is 13.0. The maximum atomic E-state index is 10.7. The van der Waals surface area contributed by atoms with Gasteiger partial charge in [0.1, 0.15) is 6.10 Å². The maximum Gasteiger partial charge on any atom is 0.330 e. The number of esters is 1. The molecule has 0 saturated heterocycles. The van der Waals surface area contributed by atoms with E-state index >= 15 is 0 Å². The fraction of sp³-hybridized carbons (Fsp3) is 0.750. The van der Waals surface area contributed by atoms with Crippen LogP contribution in [0.25, 0.3) is 0 Å². The van der Waals surface area contributed by atoms with Crippen LogP contribution in [0.2, 0.25) is 0 Å². The lowest BCUT2D eigenvalue weighted by Gasteiger charge is -2.27. The molecule has 0 spiro atoms. The van der Waals surface area contributed by atoms with Crippen LogP contribution in [0.1, 0.15) is 65.7 Å². The summed E-state index contributed by atoms with van der Waals surface area (Å²) in [4.78, 5) is 20.3. The van der Waals surface area contributed by atoms with Gasteiger partial charge in [0.05, 0.1) is 0 Å². The molecule has 4 heteroatoms. The van der Waals surface area contributed by atoms with Crippen LogP contribution in [0.15, 0.2) is 12.2 Å². The molecule has 0 radical (unpaired) electrons. The van der Waals surface area contributed by atoms with Gasteiger partial charge in [-0.3, -0.25) is 4.79 Å². The van der Waals surface area contributed by atoms with Gasteiger partial charge in [0.2, 0.25) is 0 Å².